The van der Waals surface area contributed by atoms with Crippen LogP contribution in [0, 0.1) is 5.82 Å². The third kappa shape index (κ3) is 3.48. The highest BCUT2D eigenvalue weighted by Gasteiger charge is 2.66. The van der Waals surface area contributed by atoms with Gasteiger partial charge in [-0.1, -0.05) is 30.3 Å². The first-order valence-corrected chi connectivity index (χ1v) is 9.44. The average molecular weight is 399 g/mol. The van der Waals surface area contributed by atoms with Crippen LogP contribution in [0.5, 0.6) is 0 Å². The molecular weight excluding hydrogens is 377 g/mol. The third-order valence-corrected chi connectivity index (χ3v) is 4.95. The van der Waals surface area contributed by atoms with Gasteiger partial charge in [0.15, 0.2) is 0 Å². The van der Waals surface area contributed by atoms with E-state index in [0.29, 0.717) is 5.56 Å². The summed E-state index contributed by atoms with van der Waals surface area (Å²) in [5, 5.41) is 0. The number of anilines is 1. The number of esters is 2. The van der Waals surface area contributed by atoms with E-state index >= 15 is 0 Å². The molecule has 1 saturated heterocycles. The average Bonchev–Trinajstić information content (AvgIpc) is 3.04. The van der Waals surface area contributed by atoms with Gasteiger partial charge in [0.05, 0.1) is 13.2 Å². The van der Waals surface area contributed by atoms with Crippen molar-refractivity contribution in [2.45, 2.75) is 31.7 Å². The van der Waals surface area contributed by atoms with Crippen LogP contribution >= 0.6 is 0 Å². The van der Waals surface area contributed by atoms with Crippen molar-refractivity contribution in [2.24, 2.45) is 0 Å². The SMILES string of the molecule is CCOC(=O)C1(C(=O)OCC)C(c2ccccc2)CC(=O)N1c1ccc(F)cc1. The zero-order valence-electron chi connectivity index (χ0n) is 16.3. The second-order valence-corrected chi connectivity index (χ2v) is 6.58. The molecule has 6 nitrogen and oxygen atoms in total. The molecule has 0 spiro atoms. The lowest BCUT2D eigenvalue weighted by Crippen LogP contribution is -2.62. The minimum atomic E-state index is -2.04. The van der Waals surface area contributed by atoms with Gasteiger partial charge in [0, 0.05) is 18.0 Å². The molecule has 0 saturated carbocycles. The lowest BCUT2D eigenvalue weighted by atomic mass is 9.79. The van der Waals surface area contributed by atoms with Gasteiger partial charge in [-0.25, -0.2) is 14.0 Å². The summed E-state index contributed by atoms with van der Waals surface area (Å²) in [6.07, 6.45) is -0.0982. The molecule has 1 atom stereocenters. The number of benzene rings is 2. The van der Waals surface area contributed by atoms with E-state index in [4.69, 9.17) is 9.47 Å². The molecule has 0 N–H and O–H groups in total. The fourth-order valence-electron chi connectivity index (χ4n) is 3.78. The van der Waals surface area contributed by atoms with Gasteiger partial charge in [-0.15, -0.1) is 0 Å². The van der Waals surface area contributed by atoms with E-state index in [0.717, 1.165) is 4.90 Å². The number of halogens is 1. The molecule has 0 aliphatic carbocycles. The molecule has 1 aliphatic rings. The summed E-state index contributed by atoms with van der Waals surface area (Å²) in [6.45, 7) is 3.28. The van der Waals surface area contributed by atoms with Crippen molar-refractivity contribution in [3.05, 3.63) is 66.0 Å². The van der Waals surface area contributed by atoms with Crippen LogP contribution in [0.4, 0.5) is 10.1 Å². The molecular formula is C22H22FNO5. The van der Waals surface area contributed by atoms with Gasteiger partial charge in [-0.05, 0) is 43.7 Å². The first-order valence-electron chi connectivity index (χ1n) is 9.44. The van der Waals surface area contributed by atoms with Gasteiger partial charge in [0.25, 0.3) is 0 Å². The third-order valence-electron chi connectivity index (χ3n) is 4.95. The summed E-state index contributed by atoms with van der Waals surface area (Å²) in [7, 11) is 0. The molecule has 0 radical (unpaired) electrons. The number of hydrogen-bond donors (Lipinski definition) is 0. The van der Waals surface area contributed by atoms with Crippen molar-refractivity contribution in [3.8, 4) is 0 Å². The topological polar surface area (TPSA) is 72.9 Å². The Kier molecular flexibility index (Phi) is 5.96. The van der Waals surface area contributed by atoms with Gasteiger partial charge in [-0.3, -0.25) is 9.69 Å². The summed E-state index contributed by atoms with van der Waals surface area (Å²) in [5.74, 6) is -3.52. The molecule has 7 heteroatoms. The van der Waals surface area contributed by atoms with Crippen molar-refractivity contribution in [2.75, 3.05) is 18.1 Å². The van der Waals surface area contributed by atoms with Crippen molar-refractivity contribution >= 4 is 23.5 Å². The molecule has 1 unspecified atom stereocenters. The minimum absolute atomic E-state index is 0.0208. The molecule has 29 heavy (non-hydrogen) atoms. The molecule has 1 aliphatic heterocycles. The van der Waals surface area contributed by atoms with Crippen LogP contribution in [0.3, 0.4) is 0 Å². The summed E-state index contributed by atoms with van der Waals surface area (Å²) in [6, 6.07) is 13.9. The number of amides is 1. The number of carbonyl (C=O) groups excluding carboxylic acids is 3. The Hall–Kier alpha value is -3.22. The molecule has 152 valence electrons. The van der Waals surface area contributed by atoms with Crippen molar-refractivity contribution < 1.29 is 28.2 Å². The zero-order valence-corrected chi connectivity index (χ0v) is 16.3. The van der Waals surface area contributed by atoms with Crippen molar-refractivity contribution in [1.29, 1.82) is 0 Å². The lowest BCUT2D eigenvalue weighted by molar-refractivity contribution is -0.165. The summed E-state index contributed by atoms with van der Waals surface area (Å²) < 4.78 is 24.0. The van der Waals surface area contributed by atoms with Crippen LogP contribution in [0.2, 0.25) is 0 Å². The minimum Gasteiger partial charge on any atom is -0.464 e. The molecule has 1 amide bonds. The summed E-state index contributed by atoms with van der Waals surface area (Å²) in [5.41, 5.74) is -1.19. The number of carbonyl (C=O) groups is 3. The van der Waals surface area contributed by atoms with Crippen LogP contribution < -0.4 is 4.90 Å². The second kappa shape index (κ2) is 8.43. The number of rotatable bonds is 6. The van der Waals surface area contributed by atoms with Gasteiger partial charge in [0.2, 0.25) is 11.4 Å². The quantitative estimate of drug-likeness (QED) is 0.551. The highest BCUT2D eigenvalue weighted by atomic mass is 19.1. The van der Waals surface area contributed by atoms with Gasteiger partial charge < -0.3 is 9.47 Å². The highest BCUT2D eigenvalue weighted by Crippen LogP contribution is 2.47. The normalized spacial score (nSPS) is 17.8. The lowest BCUT2D eigenvalue weighted by Gasteiger charge is -2.37. The van der Waals surface area contributed by atoms with E-state index in [-0.39, 0.29) is 25.3 Å². The predicted octanol–water partition coefficient (Wildman–Crippen LogP) is 3.21. The standard InChI is InChI=1S/C22H22FNO5/c1-3-28-20(26)22(21(27)29-4-2)18(15-8-6-5-7-9-15)14-19(25)24(22)17-12-10-16(23)11-13-17/h5-13,18H,3-4,14H2,1-2H3. The van der Waals surface area contributed by atoms with Gasteiger partial charge in [-0.2, -0.15) is 0 Å². The van der Waals surface area contributed by atoms with E-state index in [1.165, 1.54) is 24.3 Å². The van der Waals surface area contributed by atoms with E-state index < -0.39 is 35.1 Å². The Morgan fingerprint density at radius 1 is 1.00 bits per heavy atom. The first kappa shape index (κ1) is 20.5. The first-order chi connectivity index (χ1) is 14.0. The van der Waals surface area contributed by atoms with Crippen molar-refractivity contribution in [1.82, 2.24) is 0 Å². The Morgan fingerprint density at radius 3 is 2.07 bits per heavy atom. The predicted molar refractivity (Wildman–Crippen MR) is 104 cm³/mol. The fourth-order valence-corrected chi connectivity index (χ4v) is 3.78. The zero-order chi connectivity index (χ0) is 21.0. The smallest absolute Gasteiger partial charge is 0.344 e. The van der Waals surface area contributed by atoms with Crippen LogP contribution in [0.15, 0.2) is 54.6 Å². The molecule has 1 heterocycles. The molecule has 2 aromatic rings. The monoisotopic (exact) mass is 399 g/mol. The maximum atomic E-state index is 13.5. The Morgan fingerprint density at radius 2 is 1.55 bits per heavy atom. The van der Waals surface area contributed by atoms with Gasteiger partial charge in [0.1, 0.15) is 5.82 Å². The van der Waals surface area contributed by atoms with Gasteiger partial charge >= 0.3 is 11.9 Å². The highest BCUT2D eigenvalue weighted by molar-refractivity contribution is 6.19. The van der Waals surface area contributed by atoms with Crippen LogP contribution in [-0.4, -0.2) is 36.6 Å². The number of hydrogen-bond acceptors (Lipinski definition) is 5. The van der Waals surface area contributed by atoms with E-state index in [1.807, 2.05) is 0 Å². The summed E-state index contributed by atoms with van der Waals surface area (Å²) in [4.78, 5) is 40.7. The van der Waals surface area contributed by atoms with E-state index in [1.54, 1.807) is 44.2 Å². The van der Waals surface area contributed by atoms with E-state index in [9.17, 15) is 18.8 Å². The Balaban J connectivity index is 2.26. The number of ether oxygens (including phenoxy) is 2. The maximum Gasteiger partial charge on any atom is 0.344 e. The Bertz CT molecular complexity index is 879. The van der Waals surface area contributed by atoms with E-state index in [2.05, 4.69) is 0 Å². The second-order valence-electron chi connectivity index (χ2n) is 6.58. The Labute approximate surface area is 168 Å². The maximum absolute atomic E-state index is 13.5. The van der Waals surface area contributed by atoms with Crippen molar-refractivity contribution in [3.63, 3.8) is 0 Å². The molecule has 1 fully saturated rings. The van der Waals surface area contributed by atoms with Crippen LogP contribution in [0.1, 0.15) is 31.7 Å². The molecule has 2 aromatic carbocycles. The molecule has 3 rings (SSSR count). The number of nitrogens with zero attached hydrogens (tertiary/aromatic N) is 1. The van der Waals surface area contributed by atoms with Crippen LogP contribution in [-0.2, 0) is 23.9 Å². The largest absolute Gasteiger partial charge is 0.464 e. The molecule has 0 bridgehead atoms. The van der Waals surface area contributed by atoms with Crippen LogP contribution in [0.25, 0.3) is 0 Å². The summed E-state index contributed by atoms with van der Waals surface area (Å²) >= 11 is 0. The molecule has 0 aromatic heterocycles. The fraction of sp³-hybridized carbons (Fsp3) is 0.318.